The van der Waals surface area contributed by atoms with Gasteiger partial charge in [0.05, 0.1) is 21.8 Å². The van der Waals surface area contributed by atoms with Gasteiger partial charge in [-0.3, -0.25) is 14.6 Å². The van der Waals surface area contributed by atoms with E-state index in [2.05, 4.69) is 25.8 Å². The zero-order chi connectivity index (χ0) is 19.7. The van der Waals surface area contributed by atoms with Crippen molar-refractivity contribution in [2.45, 2.75) is 6.18 Å². The molecular formula is C14H9BrClF3NO5P. The zero-order valence-electron chi connectivity index (χ0n) is 12.4. The zero-order valence-corrected chi connectivity index (χ0v) is 15.7. The minimum Gasteiger partial charge on any atom is -0.403 e. The molecule has 0 spiro atoms. The Labute approximate surface area is 158 Å². The lowest BCUT2D eigenvalue weighted by Gasteiger charge is -2.14. The highest BCUT2D eigenvalue weighted by Crippen LogP contribution is 2.40. The first-order chi connectivity index (χ1) is 11.9. The minimum absolute atomic E-state index is 0.154. The van der Waals surface area contributed by atoms with Crippen LogP contribution < -0.4 is 9.84 Å². The lowest BCUT2D eigenvalue weighted by Crippen LogP contribution is -2.15. The van der Waals surface area contributed by atoms with Gasteiger partial charge in [0.25, 0.3) is 5.91 Å². The van der Waals surface area contributed by atoms with Crippen molar-refractivity contribution in [1.82, 2.24) is 0 Å². The fourth-order valence-electron chi connectivity index (χ4n) is 1.87. The number of alkyl halides is 3. The van der Waals surface area contributed by atoms with Crippen molar-refractivity contribution in [2.24, 2.45) is 0 Å². The Morgan fingerprint density at radius 1 is 1.19 bits per heavy atom. The number of phosphoric acid groups is 1. The van der Waals surface area contributed by atoms with Gasteiger partial charge in [-0.2, -0.15) is 13.2 Å². The van der Waals surface area contributed by atoms with Crippen molar-refractivity contribution in [3.05, 3.63) is 57.0 Å². The Bertz CT molecular complexity index is 903. The number of amides is 1. The second kappa shape index (κ2) is 7.58. The number of phosphoric ester groups is 1. The summed E-state index contributed by atoms with van der Waals surface area (Å²) in [4.78, 5) is 30.2. The van der Waals surface area contributed by atoms with E-state index < -0.39 is 31.2 Å². The van der Waals surface area contributed by atoms with Crippen molar-refractivity contribution in [2.75, 3.05) is 5.32 Å². The number of carbonyl (C=O) groups is 1. The van der Waals surface area contributed by atoms with Gasteiger partial charge in [-0.25, -0.2) is 4.57 Å². The third-order valence-corrected chi connectivity index (χ3v) is 4.20. The molecule has 26 heavy (non-hydrogen) atoms. The van der Waals surface area contributed by atoms with Gasteiger partial charge in [-0.15, -0.1) is 0 Å². The van der Waals surface area contributed by atoms with Crippen LogP contribution in [-0.2, 0) is 10.7 Å². The van der Waals surface area contributed by atoms with E-state index in [-0.39, 0.29) is 16.3 Å². The molecule has 0 heterocycles. The number of benzene rings is 2. The summed E-state index contributed by atoms with van der Waals surface area (Å²) in [6, 6.07) is 6.02. The van der Waals surface area contributed by atoms with Crippen molar-refractivity contribution in [3.63, 3.8) is 0 Å². The summed E-state index contributed by atoms with van der Waals surface area (Å²) in [6.07, 6.45) is -4.64. The quantitative estimate of drug-likeness (QED) is 0.551. The Morgan fingerprint density at radius 2 is 1.85 bits per heavy atom. The number of carbonyl (C=O) groups excluding carboxylic acids is 1. The SMILES string of the molecule is O=C(Nc1cc(C(F)(F)F)ccc1Cl)c1cc(Br)ccc1OP(=O)(O)O. The van der Waals surface area contributed by atoms with Crippen LogP contribution in [0.15, 0.2) is 40.9 Å². The van der Waals surface area contributed by atoms with E-state index in [0.29, 0.717) is 10.5 Å². The van der Waals surface area contributed by atoms with Gasteiger partial charge in [0.1, 0.15) is 5.75 Å². The molecule has 0 unspecified atom stereocenters. The predicted molar refractivity (Wildman–Crippen MR) is 91.2 cm³/mol. The number of anilines is 1. The van der Waals surface area contributed by atoms with Crippen LogP contribution in [0.5, 0.6) is 5.75 Å². The average Bonchev–Trinajstić information content (AvgIpc) is 2.48. The van der Waals surface area contributed by atoms with Crippen molar-refractivity contribution < 1.29 is 36.8 Å². The van der Waals surface area contributed by atoms with E-state index in [1.807, 2.05) is 0 Å². The van der Waals surface area contributed by atoms with Crippen LogP contribution in [-0.4, -0.2) is 15.7 Å². The molecule has 2 rings (SSSR count). The number of hydrogen-bond donors (Lipinski definition) is 3. The van der Waals surface area contributed by atoms with E-state index in [9.17, 15) is 22.5 Å². The molecule has 0 radical (unpaired) electrons. The van der Waals surface area contributed by atoms with Gasteiger partial charge in [0, 0.05) is 4.47 Å². The number of halogens is 5. The smallest absolute Gasteiger partial charge is 0.403 e. The van der Waals surface area contributed by atoms with Crippen molar-refractivity contribution in [1.29, 1.82) is 0 Å². The van der Waals surface area contributed by atoms with E-state index in [1.54, 1.807) is 0 Å². The second-order valence-corrected chi connectivity index (χ2v) is 7.36. The summed E-state index contributed by atoms with van der Waals surface area (Å²) in [6.45, 7) is 0. The first kappa shape index (κ1) is 20.7. The molecule has 6 nitrogen and oxygen atoms in total. The Morgan fingerprint density at radius 3 is 2.42 bits per heavy atom. The van der Waals surface area contributed by atoms with Crippen molar-refractivity contribution in [3.8, 4) is 5.75 Å². The fourth-order valence-corrected chi connectivity index (χ4v) is 2.82. The highest BCUT2D eigenvalue weighted by Gasteiger charge is 2.31. The molecule has 0 fully saturated rings. The molecule has 0 aliphatic carbocycles. The maximum atomic E-state index is 12.8. The highest BCUT2D eigenvalue weighted by molar-refractivity contribution is 9.10. The summed E-state index contributed by atoms with van der Waals surface area (Å²) in [5, 5.41) is 2.01. The summed E-state index contributed by atoms with van der Waals surface area (Å²) < 4.78 is 54.2. The summed E-state index contributed by atoms with van der Waals surface area (Å²) in [5.41, 5.74) is -1.68. The van der Waals surface area contributed by atoms with E-state index in [4.69, 9.17) is 21.4 Å². The van der Waals surface area contributed by atoms with Crippen LogP contribution in [0.3, 0.4) is 0 Å². The molecule has 0 aromatic heterocycles. The van der Waals surface area contributed by atoms with Crippen LogP contribution in [0.4, 0.5) is 18.9 Å². The molecular weight excluding hydrogens is 465 g/mol. The minimum atomic E-state index is -4.96. The van der Waals surface area contributed by atoms with Crippen LogP contribution >= 0.6 is 35.4 Å². The normalized spacial score (nSPS) is 12.0. The second-order valence-electron chi connectivity index (χ2n) is 4.87. The molecule has 1 amide bonds. The first-order valence-corrected chi connectivity index (χ1v) is 9.30. The number of hydrogen-bond acceptors (Lipinski definition) is 3. The molecule has 2 aromatic rings. The molecule has 0 atom stereocenters. The van der Waals surface area contributed by atoms with Crippen LogP contribution in [0.2, 0.25) is 5.02 Å². The molecule has 0 saturated heterocycles. The fraction of sp³-hybridized carbons (Fsp3) is 0.0714. The molecule has 0 bridgehead atoms. The number of nitrogens with one attached hydrogen (secondary N) is 1. The average molecular weight is 475 g/mol. The van der Waals surface area contributed by atoms with Crippen LogP contribution in [0, 0.1) is 0 Å². The summed E-state index contributed by atoms with van der Waals surface area (Å²) in [5.74, 6) is -1.43. The highest BCUT2D eigenvalue weighted by atomic mass is 79.9. The van der Waals surface area contributed by atoms with Gasteiger partial charge in [-0.05, 0) is 36.4 Å². The molecule has 2 aromatic carbocycles. The topological polar surface area (TPSA) is 95.9 Å². The molecule has 140 valence electrons. The Hall–Kier alpha value is -1.58. The Balaban J connectivity index is 2.39. The third-order valence-electron chi connectivity index (χ3n) is 2.95. The van der Waals surface area contributed by atoms with Gasteiger partial charge >= 0.3 is 14.0 Å². The molecule has 0 aliphatic heterocycles. The van der Waals surface area contributed by atoms with Crippen molar-refractivity contribution >= 4 is 46.9 Å². The maximum Gasteiger partial charge on any atom is 0.524 e. The monoisotopic (exact) mass is 473 g/mol. The summed E-state index contributed by atoms with van der Waals surface area (Å²) in [7, 11) is -4.96. The van der Waals surface area contributed by atoms with Crippen LogP contribution in [0.25, 0.3) is 0 Å². The van der Waals surface area contributed by atoms with E-state index in [1.165, 1.54) is 12.1 Å². The molecule has 12 heteroatoms. The predicted octanol–water partition coefficient (Wildman–Crippen LogP) is 4.85. The molecule has 0 saturated carbocycles. The van der Waals surface area contributed by atoms with E-state index >= 15 is 0 Å². The van der Waals surface area contributed by atoms with Crippen LogP contribution in [0.1, 0.15) is 15.9 Å². The van der Waals surface area contributed by atoms with Gasteiger partial charge < -0.3 is 9.84 Å². The largest absolute Gasteiger partial charge is 0.524 e. The third kappa shape index (κ3) is 5.46. The lowest BCUT2D eigenvalue weighted by molar-refractivity contribution is -0.137. The standard InChI is InChI=1S/C14H9BrClF3NO5P/c15-8-2-4-12(25-26(22,23)24)9(6-8)13(21)20-11-5-7(14(17,18)19)1-3-10(11)16/h1-6H,(H,20,21)(H2,22,23,24). The van der Waals surface area contributed by atoms with Gasteiger partial charge in [0.15, 0.2) is 0 Å². The Kier molecular flexibility index (Phi) is 6.04. The van der Waals surface area contributed by atoms with E-state index in [0.717, 1.165) is 18.2 Å². The number of rotatable bonds is 4. The van der Waals surface area contributed by atoms with Gasteiger partial charge in [0.2, 0.25) is 0 Å². The van der Waals surface area contributed by atoms with Gasteiger partial charge in [-0.1, -0.05) is 27.5 Å². The molecule has 3 N–H and O–H groups in total. The first-order valence-electron chi connectivity index (χ1n) is 6.59. The summed E-state index contributed by atoms with van der Waals surface area (Å²) >= 11 is 8.89. The lowest BCUT2D eigenvalue weighted by atomic mass is 10.1. The maximum absolute atomic E-state index is 12.8. The molecule has 0 aliphatic rings.